The van der Waals surface area contributed by atoms with E-state index < -0.39 is 36.0 Å². The van der Waals surface area contributed by atoms with E-state index in [-0.39, 0.29) is 12.6 Å². The van der Waals surface area contributed by atoms with Crippen molar-refractivity contribution in [1.82, 2.24) is 4.90 Å². The van der Waals surface area contributed by atoms with Gasteiger partial charge in [-0.05, 0) is 63.7 Å². The van der Waals surface area contributed by atoms with Gasteiger partial charge in [0.25, 0.3) is 0 Å². The van der Waals surface area contributed by atoms with Crippen LogP contribution in [0, 0.1) is 6.92 Å². The number of anilines is 1. The van der Waals surface area contributed by atoms with E-state index in [9.17, 15) is 18.0 Å². The molecule has 2 amide bonds. The maximum Gasteiger partial charge on any atom is 0.495 e. The molecule has 1 aromatic carbocycles. The van der Waals surface area contributed by atoms with Gasteiger partial charge in [-0.1, -0.05) is 11.6 Å². The molecule has 2 saturated heterocycles. The highest BCUT2D eigenvalue weighted by Crippen LogP contribution is 2.44. The second-order valence-corrected chi connectivity index (χ2v) is 12.0. The number of carbonyl (C=O) groups excluding carboxylic acids is 1. The zero-order valence-corrected chi connectivity index (χ0v) is 20.4. The van der Waals surface area contributed by atoms with Crippen LogP contribution < -0.4 is 10.8 Å². The van der Waals surface area contributed by atoms with Crippen LogP contribution in [0.5, 0.6) is 0 Å². The van der Waals surface area contributed by atoms with E-state index in [1.165, 1.54) is 4.90 Å². The van der Waals surface area contributed by atoms with Crippen LogP contribution in [-0.4, -0.2) is 58.8 Å². The number of aryl methyl sites for hydroxylation is 1. The van der Waals surface area contributed by atoms with Gasteiger partial charge in [-0.25, -0.2) is 4.79 Å². The summed E-state index contributed by atoms with van der Waals surface area (Å²) in [5, 5.41) is 2.02. The van der Waals surface area contributed by atoms with Gasteiger partial charge in [-0.2, -0.15) is 13.2 Å². The van der Waals surface area contributed by atoms with Gasteiger partial charge in [0, 0.05) is 35.4 Å². The van der Waals surface area contributed by atoms with E-state index in [1.807, 2.05) is 46.8 Å². The zero-order chi connectivity index (χ0) is 22.5. The maximum atomic E-state index is 12.8. The molecule has 2 heterocycles. The standard InChI is InChI=1S/C20H30BF3N2O3Si/c1-13-6-7-14(10-15(13)21-28-17(2,3)18(4,5)29-21)25-16(27)26-9-8-19(30,12-26)11-20(22,23)24/h6-7,10H,8-9,11-12H2,1-5,30H3,(H,25,27)/t19-/m1/s1. The number of nitrogens with zero attached hydrogens (tertiary/aromatic N) is 1. The molecule has 0 saturated carbocycles. The summed E-state index contributed by atoms with van der Waals surface area (Å²) in [6.07, 6.45) is -4.64. The first-order chi connectivity index (χ1) is 13.6. The summed E-state index contributed by atoms with van der Waals surface area (Å²) in [6, 6.07) is 5.09. The molecule has 0 unspecified atom stereocenters. The predicted octanol–water partition coefficient (Wildman–Crippen LogP) is 3.01. The quantitative estimate of drug-likeness (QED) is 0.733. The van der Waals surface area contributed by atoms with E-state index in [0.29, 0.717) is 28.9 Å². The van der Waals surface area contributed by atoms with E-state index >= 15 is 0 Å². The number of carbonyl (C=O) groups is 1. The SMILES string of the molecule is Cc1ccc(NC(=O)N2CC[C@@]([SiH3])(CC(F)(F)F)C2)cc1B1OC(C)(C)C(C)(C)O1. The van der Waals surface area contributed by atoms with Crippen LogP contribution in [0.25, 0.3) is 0 Å². The fourth-order valence-electron chi connectivity index (χ4n) is 3.97. The van der Waals surface area contributed by atoms with Crippen LogP contribution in [0.1, 0.15) is 46.1 Å². The number of benzene rings is 1. The largest absolute Gasteiger partial charge is 0.495 e. The third-order valence-electron chi connectivity index (χ3n) is 6.51. The highest BCUT2D eigenvalue weighted by Gasteiger charge is 2.52. The number of hydrogen-bond acceptors (Lipinski definition) is 3. The van der Waals surface area contributed by atoms with Gasteiger partial charge >= 0.3 is 19.3 Å². The molecule has 3 rings (SSSR count). The Morgan fingerprint density at radius 2 is 1.83 bits per heavy atom. The lowest BCUT2D eigenvalue weighted by Crippen LogP contribution is -2.41. The molecule has 5 nitrogen and oxygen atoms in total. The Hall–Kier alpha value is -1.52. The molecule has 0 aromatic heterocycles. The Morgan fingerprint density at radius 1 is 1.23 bits per heavy atom. The highest BCUT2D eigenvalue weighted by molar-refractivity contribution is 6.62. The van der Waals surface area contributed by atoms with Crippen molar-refractivity contribution >= 4 is 34.5 Å². The van der Waals surface area contributed by atoms with Gasteiger partial charge in [0.2, 0.25) is 0 Å². The number of amides is 2. The Balaban J connectivity index is 1.70. The van der Waals surface area contributed by atoms with Gasteiger partial charge in [0.15, 0.2) is 0 Å². The number of likely N-dealkylation sites (tertiary alicyclic amines) is 1. The summed E-state index contributed by atoms with van der Waals surface area (Å²) < 4.78 is 50.8. The summed E-state index contributed by atoms with van der Waals surface area (Å²) in [6.45, 7) is 10.3. The molecule has 0 spiro atoms. The molecule has 1 N–H and O–H groups in total. The molecule has 2 fully saturated rings. The number of rotatable bonds is 3. The van der Waals surface area contributed by atoms with Crippen molar-refractivity contribution in [3.63, 3.8) is 0 Å². The average molecular weight is 442 g/mol. The van der Waals surface area contributed by atoms with Crippen LogP contribution in [0.3, 0.4) is 0 Å². The van der Waals surface area contributed by atoms with Crippen molar-refractivity contribution in [3.8, 4) is 0 Å². The Kier molecular flexibility index (Phi) is 5.84. The normalized spacial score (nSPS) is 25.7. The van der Waals surface area contributed by atoms with Crippen LogP contribution in [-0.2, 0) is 9.31 Å². The van der Waals surface area contributed by atoms with Gasteiger partial charge in [-0.3, -0.25) is 0 Å². The summed E-state index contributed by atoms with van der Waals surface area (Å²) >= 11 is 0. The van der Waals surface area contributed by atoms with Crippen molar-refractivity contribution in [2.45, 2.75) is 69.9 Å². The topological polar surface area (TPSA) is 50.8 Å². The average Bonchev–Trinajstić information content (AvgIpc) is 3.04. The number of nitrogens with one attached hydrogen (secondary N) is 1. The Bertz CT molecular complexity index is 818. The molecule has 1 aromatic rings. The molecule has 166 valence electrons. The monoisotopic (exact) mass is 442 g/mol. The number of alkyl halides is 3. The minimum atomic E-state index is -4.21. The molecular formula is C20H30BF3N2O3Si. The number of halogens is 3. The zero-order valence-electron chi connectivity index (χ0n) is 18.4. The molecule has 2 aliphatic heterocycles. The number of hydrogen-bond donors (Lipinski definition) is 1. The van der Waals surface area contributed by atoms with Crippen LogP contribution in [0.2, 0.25) is 5.04 Å². The van der Waals surface area contributed by atoms with Crippen LogP contribution >= 0.6 is 0 Å². The first kappa shape index (κ1) is 23.2. The first-order valence-electron chi connectivity index (χ1n) is 10.2. The maximum absolute atomic E-state index is 12.8. The smallest absolute Gasteiger partial charge is 0.399 e. The van der Waals surface area contributed by atoms with E-state index in [1.54, 1.807) is 6.07 Å². The third kappa shape index (κ3) is 4.86. The van der Waals surface area contributed by atoms with E-state index in [0.717, 1.165) is 11.0 Å². The highest BCUT2D eigenvalue weighted by atomic mass is 28.1. The van der Waals surface area contributed by atoms with Crippen molar-refractivity contribution in [2.75, 3.05) is 18.4 Å². The molecule has 2 aliphatic rings. The number of urea groups is 1. The lowest BCUT2D eigenvalue weighted by atomic mass is 9.76. The minimum Gasteiger partial charge on any atom is -0.399 e. The summed E-state index contributed by atoms with van der Waals surface area (Å²) in [4.78, 5) is 14.2. The van der Waals surface area contributed by atoms with Gasteiger partial charge in [-0.15, -0.1) is 0 Å². The Morgan fingerprint density at radius 3 is 2.40 bits per heavy atom. The second-order valence-electron chi connectivity index (χ2n) is 9.86. The molecule has 10 heteroatoms. The molecule has 0 aliphatic carbocycles. The Labute approximate surface area is 179 Å². The van der Waals surface area contributed by atoms with E-state index in [4.69, 9.17) is 9.31 Å². The predicted molar refractivity (Wildman–Crippen MR) is 115 cm³/mol. The molecular weight excluding hydrogens is 412 g/mol. The fourth-order valence-corrected chi connectivity index (χ4v) is 4.98. The fraction of sp³-hybridized carbons (Fsp3) is 0.650. The molecule has 0 radical (unpaired) electrons. The summed E-state index contributed by atoms with van der Waals surface area (Å²) in [5.74, 6) is 0. The molecule has 1 atom stereocenters. The van der Waals surface area contributed by atoms with Gasteiger partial charge in [0.1, 0.15) is 0 Å². The lowest BCUT2D eigenvalue weighted by molar-refractivity contribution is -0.141. The van der Waals surface area contributed by atoms with E-state index in [2.05, 4.69) is 5.32 Å². The summed E-state index contributed by atoms with van der Waals surface area (Å²) in [7, 11) is -0.168. The van der Waals surface area contributed by atoms with Gasteiger partial charge in [0.05, 0.1) is 11.2 Å². The second kappa shape index (κ2) is 7.56. The lowest BCUT2D eigenvalue weighted by Gasteiger charge is -2.32. The molecule has 30 heavy (non-hydrogen) atoms. The molecule has 0 bridgehead atoms. The van der Waals surface area contributed by atoms with Crippen molar-refractivity contribution in [2.24, 2.45) is 0 Å². The van der Waals surface area contributed by atoms with Crippen LogP contribution in [0.15, 0.2) is 18.2 Å². The van der Waals surface area contributed by atoms with Crippen LogP contribution in [0.4, 0.5) is 23.7 Å². The van der Waals surface area contributed by atoms with Crippen molar-refractivity contribution in [3.05, 3.63) is 23.8 Å². The van der Waals surface area contributed by atoms with Crippen molar-refractivity contribution < 1.29 is 27.3 Å². The first-order valence-corrected chi connectivity index (χ1v) is 11.2. The van der Waals surface area contributed by atoms with Crippen molar-refractivity contribution in [1.29, 1.82) is 0 Å². The summed E-state index contributed by atoms with van der Waals surface area (Å²) in [5.41, 5.74) is 1.40. The third-order valence-corrected chi connectivity index (χ3v) is 7.68. The van der Waals surface area contributed by atoms with Gasteiger partial charge < -0.3 is 19.5 Å². The minimum absolute atomic E-state index is 0.139.